The van der Waals surface area contributed by atoms with Gasteiger partial charge >= 0.3 is 0 Å². The van der Waals surface area contributed by atoms with Crippen molar-refractivity contribution in [2.24, 2.45) is 11.8 Å². The van der Waals surface area contributed by atoms with Gasteiger partial charge in [-0.1, -0.05) is 17.7 Å². The minimum Gasteiger partial charge on any atom is -0.316 e. The maximum Gasteiger partial charge on any atom is 0.129 e. The van der Waals surface area contributed by atoms with Crippen molar-refractivity contribution < 1.29 is 0 Å². The largest absolute Gasteiger partial charge is 0.316 e. The van der Waals surface area contributed by atoms with Crippen molar-refractivity contribution in [3.63, 3.8) is 0 Å². The highest BCUT2D eigenvalue weighted by Gasteiger charge is 2.35. The van der Waals surface area contributed by atoms with Gasteiger partial charge in [0.2, 0.25) is 0 Å². The topological polar surface area (TPSA) is 28.2 Å². The fourth-order valence-electron chi connectivity index (χ4n) is 2.84. The lowest BCUT2D eigenvalue weighted by molar-refractivity contribution is 0.305. The molecule has 16 heavy (non-hydrogen) atoms. The average Bonchev–Trinajstić information content (AvgIpc) is 2.81. The van der Waals surface area contributed by atoms with Crippen molar-refractivity contribution in [1.29, 1.82) is 0 Å². The number of fused-ring (bicyclic) bond motifs is 1. The molecule has 0 spiro atoms. The van der Waals surface area contributed by atoms with Gasteiger partial charge in [0.15, 0.2) is 0 Å². The van der Waals surface area contributed by atoms with Crippen molar-refractivity contribution in [2.45, 2.75) is 6.54 Å². The Bertz CT molecular complexity index is 353. The molecular formula is C12H16ClN3. The molecular weight excluding hydrogens is 222 g/mol. The highest BCUT2D eigenvalue weighted by atomic mass is 35.5. The van der Waals surface area contributed by atoms with E-state index >= 15 is 0 Å². The van der Waals surface area contributed by atoms with Crippen LogP contribution < -0.4 is 5.32 Å². The minimum absolute atomic E-state index is 0.575. The van der Waals surface area contributed by atoms with Crippen LogP contribution in [0.3, 0.4) is 0 Å². The maximum atomic E-state index is 5.77. The molecule has 2 unspecified atom stereocenters. The fourth-order valence-corrected chi connectivity index (χ4v) is 2.95. The van der Waals surface area contributed by atoms with Gasteiger partial charge in [0.05, 0.1) is 0 Å². The number of likely N-dealkylation sites (tertiary alicyclic amines) is 1. The zero-order valence-electron chi connectivity index (χ0n) is 9.19. The first-order chi connectivity index (χ1) is 7.81. The predicted octanol–water partition coefficient (Wildman–Crippen LogP) is 1.39. The Morgan fingerprint density at radius 2 is 2.06 bits per heavy atom. The van der Waals surface area contributed by atoms with Gasteiger partial charge in [0.1, 0.15) is 5.15 Å². The quantitative estimate of drug-likeness (QED) is 0.788. The van der Waals surface area contributed by atoms with E-state index in [4.69, 9.17) is 11.6 Å². The zero-order chi connectivity index (χ0) is 11.0. The van der Waals surface area contributed by atoms with Crippen LogP contribution >= 0.6 is 11.6 Å². The second-order valence-corrected chi connectivity index (χ2v) is 5.25. The van der Waals surface area contributed by atoms with E-state index in [1.165, 1.54) is 31.7 Å². The molecule has 2 atom stereocenters. The molecule has 3 heterocycles. The van der Waals surface area contributed by atoms with Crippen molar-refractivity contribution >= 4 is 11.6 Å². The number of hydrogen-bond acceptors (Lipinski definition) is 3. The molecule has 1 aromatic rings. The molecule has 3 nitrogen and oxygen atoms in total. The molecule has 0 aliphatic carbocycles. The molecule has 2 fully saturated rings. The predicted molar refractivity (Wildman–Crippen MR) is 64.4 cm³/mol. The molecule has 0 bridgehead atoms. The summed E-state index contributed by atoms with van der Waals surface area (Å²) in [6.45, 7) is 5.85. The SMILES string of the molecule is Clc1ccc(CN2CC3CNCC3C2)cn1. The van der Waals surface area contributed by atoms with E-state index < -0.39 is 0 Å². The number of hydrogen-bond donors (Lipinski definition) is 1. The van der Waals surface area contributed by atoms with Gasteiger partial charge in [-0.2, -0.15) is 0 Å². The summed E-state index contributed by atoms with van der Waals surface area (Å²) < 4.78 is 0. The summed E-state index contributed by atoms with van der Waals surface area (Å²) in [5.74, 6) is 1.72. The molecule has 2 saturated heterocycles. The van der Waals surface area contributed by atoms with Crippen LogP contribution in [-0.2, 0) is 6.54 Å². The number of nitrogens with one attached hydrogen (secondary N) is 1. The Hall–Kier alpha value is -0.640. The Labute approximate surface area is 101 Å². The van der Waals surface area contributed by atoms with Crippen LogP contribution in [0.1, 0.15) is 5.56 Å². The van der Waals surface area contributed by atoms with Crippen molar-refractivity contribution in [3.8, 4) is 0 Å². The van der Waals surface area contributed by atoms with Crippen molar-refractivity contribution in [1.82, 2.24) is 15.2 Å². The highest BCUT2D eigenvalue weighted by Crippen LogP contribution is 2.27. The van der Waals surface area contributed by atoms with Gasteiger partial charge in [-0.05, 0) is 36.6 Å². The molecule has 0 radical (unpaired) electrons. The molecule has 3 rings (SSSR count). The van der Waals surface area contributed by atoms with E-state index in [9.17, 15) is 0 Å². The van der Waals surface area contributed by atoms with E-state index in [1.807, 2.05) is 12.3 Å². The van der Waals surface area contributed by atoms with Gasteiger partial charge in [0, 0.05) is 25.8 Å². The number of rotatable bonds is 2. The van der Waals surface area contributed by atoms with Gasteiger partial charge in [-0.25, -0.2) is 4.98 Å². The summed E-state index contributed by atoms with van der Waals surface area (Å²) in [4.78, 5) is 6.65. The second kappa shape index (κ2) is 4.32. The molecule has 0 aromatic carbocycles. The highest BCUT2D eigenvalue weighted by molar-refractivity contribution is 6.29. The van der Waals surface area contributed by atoms with E-state index in [0.717, 1.165) is 18.4 Å². The lowest BCUT2D eigenvalue weighted by Gasteiger charge is -2.16. The smallest absolute Gasteiger partial charge is 0.129 e. The van der Waals surface area contributed by atoms with Crippen LogP contribution in [0.15, 0.2) is 18.3 Å². The van der Waals surface area contributed by atoms with Crippen LogP contribution in [0.2, 0.25) is 5.15 Å². The van der Waals surface area contributed by atoms with Crippen molar-refractivity contribution in [2.75, 3.05) is 26.2 Å². The van der Waals surface area contributed by atoms with Gasteiger partial charge in [-0.15, -0.1) is 0 Å². The van der Waals surface area contributed by atoms with Gasteiger partial charge < -0.3 is 5.32 Å². The first-order valence-corrected chi connectivity index (χ1v) is 6.22. The summed E-state index contributed by atoms with van der Waals surface area (Å²) in [5.41, 5.74) is 1.26. The molecule has 1 aromatic heterocycles. The summed E-state index contributed by atoms with van der Waals surface area (Å²) in [6, 6.07) is 3.94. The Morgan fingerprint density at radius 3 is 2.69 bits per heavy atom. The van der Waals surface area contributed by atoms with Crippen LogP contribution in [0, 0.1) is 11.8 Å². The molecule has 1 N–H and O–H groups in total. The first-order valence-electron chi connectivity index (χ1n) is 5.85. The lowest BCUT2D eigenvalue weighted by atomic mass is 10.0. The Morgan fingerprint density at radius 1 is 1.31 bits per heavy atom. The van der Waals surface area contributed by atoms with Crippen molar-refractivity contribution in [3.05, 3.63) is 29.0 Å². The summed E-state index contributed by atoms with van der Waals surface area (Å²) in [5, 5.41) is 4.03. The normalized spacial score (nSPS) is 29.6. The Balaban J connectivity index is 1.62. The van der Waals surface area contributed by atoms with Crippen LogP contribution in [0.5, 0.6) is 0 Å². The molecule has 4 heteroatoms. The van der Waals surface area contributed by atoms with E-state index in [1.54, 1.807) is 0 Å². The first kappa shape index (κ1) is 10.5. The minimum atomic E-state index is 0.575. The third-order valence-corrected chi connectivity index (χ3v) is 3.88. The standard InChI is InChI=1S/C12H16ClN3/c13-12-2-1-9(3-15-12)6-16-7-10-4-14-5-11(10)8-16/h1-3,10-11,14H,4-8H2. The maximum absolute atomic E-state index is 5.77. The number of nitrogens with zero attached hydrogens (tertiary/aromatic N) is 2. The van der Waals surface area contributed by atoms with Gasteiger partial charge in [-0.3, -0.25) is 4.90 Å². The number of pyridine rings is 1. The molecule has 86 valence electrons. The van der Waals surface area contributed by atoms with E-state index in [0.29, 0.717) is 5.15 Å². The summed E-state index contributed by atoms with van der Waals surface area (Å²) in [7, 11) is 0. The molecule has 2 aliphatic heterocycles. The van der Waals surface area contributed by atoms with Gasteiger partial charge in [0.25, 0.3) is 0 Å². The summed E-state index contributed by atoms with van der Waals surface area (Å²) in [6.07, 6.45) is 1.88. The third-order valence-electron chi connectivity index (χ3n) is 3.66. The monoisotopic (exact) mass is 237 g/mol. The molecule has 2 aliphatic rings. The molecule has 0 amide bonds. The molecule has 0 saturated carbocycles. The van der Waals surface area contributed by atoms with Crippen LogP contribution in [0.25, 0.3) is 0 Å². The Kier molecular flexibility index (Phi) is 2.84. The van der Waals surface area contributed by atoms with Crippen LogP contribution in [-0.4, -0.2) is 36.1 Å². The summed E-state index contributed by atoms with van der Waals surface area (Å²) >= 11 is 5.77. The number of aromatic nitrogens is 1. The zero-order valence-corrected chi connectivity index (χ0v) is 9.95. The van der Waals surface area contributed by atoms with E-state index in [-0.39, 0.29) is 0 Å². The number of halogens is 1. The second-order valence-electron chi connectivity index (χ2n) is 4.86. The average molecular weight is 238 g/mol. The third kappa shape index (κ3) is 2.08. The fraction of sp³-hybridized carbons (Fsp3) is 0.583. The van der Waals surface area contributed by atoms with Crippen LogP contribution in [0.4, 0.5) is 0 Å². The van der Waals surface area contributed by atoms with E-state index in [2.05, 4.69) is 21.3 Å². The lowest BCUT2D eigenvalue weighted by Crippen LogP contribution is -2.25.